The van der Waals surface area contributed by atoms with Crippen LogP contribution in [0.15, 0.2) is 0 Å². The second-order valence-corrected chi connectivity index (χ2v) is 4.69. The van der Waals surface area contributed by atoms with Gasteiger partial charge >= 0.3 is 5.97 Å². The van der Waals surface area contributed by atoms with E-state index in [2.05, 4.69) is 4.74 Å². The Balaban J connectivity index is 3.95. The molecule has 0 aromatic rings. The molecule has 0 N–H and O–H groups in total. The van der Waals surface area contributed by atoms with Gasteiger partial charge in [0.1, 0.15) is 0 Å². The maximum Gasteiger partial charge on any atom is 0.319 e. The SMILES string of the molecule is COC(=O)CN(CCOC(C)C)CCOC(C)C. The average molecular weight is 261 g/mol. The lowest BCUT2D eigenvalue weighted by molar-refractivity contribution is -0.142. The van der Waals surface area contributed by atoms with Crippen molar-refractivity contribution in [1.82, 2.24) is 4.90 Å². The van der Waals surface area contributed by atoms with Crippen LogP contribution in [0.4, 0.5) is 0 Å². The van der Waals surface area contributed by atoms with Gasteiger partial charge in [0.15, 0.2) is 0 Å². The van der Waals surface area contributed by atoms with Crippen molar-refractivity contribution in [3.05, 3.63) is 0 Å². The summed E-state index contributed by atoms with van der Waals surface area (Å²) in [6, 6.07) is 0. The molecule has 0 atom stereocenters. The highest BCUT2D eigenvalue weighted by Crippen LogP contribution is 1.95. The van der Waals surface area contributed by atoms with E-state index in [0.29, 0.717) is 26.3 Å². The number of hydrogen-bond acceptors (Lipinski definition) is 5. The molecule has 0 radical (unpaired) electrons. The molecule has 0 aliphatic carbocycles. The van der Waals surface area contributed by atoms with Crippen LogP contribution in [0.5, 0.6) is 0 Å². The molecule has 0 aromatic carbocycles. The summed E-state index contributed by atoms with van der Waals surface area (Å²) in [6.45, 7) is 10.9. The molecule has 108 valence electrons. The number of rotatable bonds is 10. The topological polar surface area (TPSA) is 48.0 Å². The number of hydrogen-bond donors (Lipinski definition) is 0. The predicted molar refractivity (Wildman–Crippen MR) is 70.6 cm³/mol. The van der Waals surface area contributed by atoms with Crippen molar-refractivity contribution < 1.29 is 19.0 Å². The summed E-state index contributed by atoms with van der Waals surface area (Å²) < 4.78 is 15.6. The van der Waals surface area contributed by atoms with Crippen molar-refractivity contribution in [1.29, 1.82) is 0 Å². The normalized spacial score (nSPS) is 11.6. The van der Waals surface area contributed by atoms with Gasteiger partial charge in [0, 0.05) is 13.1 Å². The van der Waals surface area contributed by atoms with Crippen molar-refractivity contribution in [2.45, 2.75) is 39.9 Å². The fraction of sp³-hybridized carbons (Fsp3) is 0.923. The Morgan fingerprint density at radius 2 is 1.44 bits per heavy atom. The smallest absolute Gasteiger partial charge is 0.319 e. The van der Waals surface area contributed by atoms with Gasteiger partial charge in [-0.1, -0.05) is 0 Å². The van der Waals surface area contributed by atoms with E-state index in [1.165, 1.54) is 7.11 Å². The second kappa shape index (κ2) is 10.3. The van der Waals surface area contributed by atoms with Crippen LogP contribution in [0.25, 0.3) is 0 Å². The zero-order valence-electron chi connectivity index (χ0n) is 12.3. The van der Waals surface area contributed by atoms with Crippen LogP contribution in [0, 0.1) is 0 Å². The minimum atomic E-state index is -0.232. The molecule has 18 heavy (non-hydrogen) atoms. The molecule has 0 spiro atoms. The summed E-state index contributed by atoms with van der Waals surface area (Å²) in [7, 11) is 1.40. The summed E-state index contributed by atoms with van der Waals surface area (Å²) in [5, 5.41) is 0. The van der Waals surface area contributed by atoms with Crippen molar-refractivity contribution in [2.75, 3.05) is 40.0 Å². The van der Waals surface area contributed by atoms with Crippen molar-refractivity contribution in [3.63, 3.8) is 0 Å². The first kappa shape index (κ1) is 17.4. The fourth-order valence-electron chi connectivity index (χ4n) is 1.35. The number of methoxy groups -OCH3 is 1. The zero-order valence-corrected chi connectivity index (χ0v) is 12.3. The van der Waals surface area contributed by atoms with Gasteiger partial charge in [-0.15, -0.1) is 0 Å². The van der Waals surface area contributed by atoms with Crippen LogP contribution in [-0.4, -0.2) is 63.0 Å². The van der Waals surface area contributed by atoms with E-state index >= 15 is 0 Å². The Bertz CT molecular complexity index is 205. The first-order valence-corrected chi connectivity index (χ1v) is 6.48. The largest absolute Gasteiger partial charge is 0.468 e. The van der Waals surface area contributed by atoms with Crippen molar-refractivity contribution in [2.24, 2.45) is 0 Å². The Hall–Kier alpha value is -0.650. The van der Waals surface area contributed by atoms with E-state index in [0.717, 1.165) is 0 Å². The monoisotopic (exact) mass is 261 g/mol. The molecule has 0 rings (SSSR count). The first-order chi connectivity index (χ1) is 8.45. The van der Waals surface area contributed by atoms with Crippen LogP contribution in [0.2, 0.25) is 0 Å². The minimum Gasteiger partial charge on any atom is -0.468 e. The minimum absolute atomic E-state index is 0.205. The van der Waals surface area contributed by atoms with Crippen LogP contribution in [-0.2, 0) is 19.0 Å². The number of ether oxygens (including phenoxy) is 3. The average Bonchev–Trinajstić information content (AvgIpc) is 2.27. The Morgan fingerprint density at radius 1 is 1.00 bits per heavy atom. The lowest BCUT2D eigenvalue weighted by atomic mass is 10.4. The molecule has 5 nitrogen and oxygen atoms in total. The number of esters is 1. The van der Waals surface area contributed by atoms with Gasteiger partial charge in [-0.05, 0) is 27.7 Å². The van der Waals surface area contributed by atoms with Crippen LogP contribution in [0.1, 0.15) is 27.7 Å². The van der Waals surface area contributed by atoms with E-state index in [-0.39, 0.29) is 24.7 Å². The van der Waals surface area contributed by atoms with Gasteiger partial charge in [-0.2, -0.15) is 0 Å². The van der Waals surface area contributed by atoms with Gasteiger partial charge in [0.25, 0.3) is 0 Å². The summed E-state index contributed by atoms with van der Waals surface area (Å²) >= 11 is 0. The summed E-state index contributed by atoms with van der Waals surface area (Å²) in [4.78, 5) is 13.3. The maximum atomic E-state index is 11.3. The Labute approximate surface area is 110 Å². The highest BCUT2D eigenvalue weighted by molar-refractivity contribution is 5.71. The highest BCUT2D eigenvalue weighted by atomic mass is 16.5. The molecule has 0 saturated carbocycles. The van der Waals surface area contributed by atoms with Crippen LogP contribution >= 0.6 is 0 Å². The Kier molecular flexibility index (Phi) is 9.92. The van der Waals surface area contributed by atoms with E-state index in [4.69, 9.17) is 9.47 Å². The number of carbonyl (C=O) groups is 1. The lowest BCUT2D eigenvalue weighted by Crippen LogP contribution is -2.36. The third kappa shape index (κ3) is 10.5. The second-order valence-electron chi connectivity index (χ2n) is 4.69. The molecule has 0 aliphatic rings. The predicted octanol–water partition coefficient (Wildman–Crippen LogP) is 1.31. The molecule has 0 heterocycles. The molecule has 0 aromatic heterocycles. The standard InChI is InChI=1S/C13H27NO4/c1-11(2)17-8-6-14(10-13(15)16-5)7-9-18-12(3)4/h11-12H,6-10H2,1-5H3. The fourth-order valence-corrected chi connectivity index (χ4v) is 1.35. The number of carbonyl (C=O) groups excluding carboxylic acids is 1. The first-order valence-electron chi connectivity index (χ1n) is 6.48. The molecule has 5 heteroatoms. The van der Waals surface area contributed by atoms with Gasteiger partial charge in [-0.25, -0.2) is 0 Å². The number of nitrogens with zero attached hydrogens (tertiary/aromatic N) is 1. The van der Waals surface area contributed by atoms with E-state index in [1.54, 1.807) is 0 Å². The third-order valence-corrected chi connectivity index (χ3v) is 2.30. The molecule has 0 unspecified atom stereocenters. The summed E-state index contributed by atoms with van der Waals surface area (Å²) in [5.74, 6) is -0.232. The van der Waals surface area contributed by atoms with Crippen molar-refractivity contribution in [3.8, 4) is 0 Å². The van der Waals surface area contributed by atoms with E-state index < -0.39 is 0 Å². The summed E-state index contributed by atoms with van der Waals surface area (Å²) in [5.41, 5.74) is 0. The van der Waals surface area contributed by atoms with Gasteiger partial charge in [-0.3, -0.25) is 9.69 Å². The Morgan fingerprint density at radius 3 is 1.78 bits per heavy atom. The summed E-state index contributed by atoms with van der Waals surface area (Å²) in [6.07, 6.45) is 0.411. The maximum absolute atomic E-state index is 11.3. The molecule has 0 amide bonds. The van der Waals surface area contributed by atoms with E-state index in [9.17, 15) is 4.79 Å². The van der Waals surface area contributed by atoms with Crippen LogP contribution < -0.4 is 0 Å². The molecular weight excluding hydrogens is 234 g/mol. The zero-order chi connectivity index (χ0) is 14.0. The molecule has 0 bridgehead atoms. The molecule has 0 aliphatic heterocycles. The van der Waals surface area contributed by atoms with Crippen molar-refractivity contribution >= 4 is 5.97 Å². The quantitative estimate of drug-likeness (QED) is 0.555. The molecule has 0 saturated heterocycles. The highest BCUT2D eigenvalue weighted by Gasteiger charge is 2.11. The molecular formula is C13H27NO4. The third-order valence-electron chi connectivity index (χ3n) is 2.30. The van der Waals surface area contributed by atoms with Gasteiger partial charge in [0.05, 0.1) is 39.1 Å². The molecule has 0 fully saturated rings. The van der Waals surface area contributed by atoms with E-state index in [1.807, 2.05) is 32.6 Å². The van der Waals surface area contributed by atoms with Crippen LogP contribution in [0.3, 0.4) is 0 Å². The van der Waals surface area contributed by atoms with Gasteiger partial charge in [0.2, 0.25) is 0 Å². The van der Waals surface area contributed by atoms with Gasteiger partial charge < -0.3 is 14.2 Å². The lowest BCUT2D eigenvalue weighted by Gasteiger charge is -2.22.